The van der Waals surface area contributed by atoms with Crippen LogP contribution in [-0.2, 0) is 0 Å². The number of benzene rings is 1. The second kappa shape index (κ2) is 8.98. The fourth-order valence-electron chi connectivity index (χ4n) is 1.81. The molecular formula is C16H27NO. The molecule has 2 nitrogen and oxygen atoms in total. The Bertz CT molecular complexity index is 307. The minimum Gasteiger partial charge on any atom is -0.492 e. The molecule has 1 unspecified atom stereocenters. The summed E-state index contributed by atoms with van der Waals surface area (Å²) >= 11 is 0. The highest BCUT2D eigenvalue weighted by Crippen LogP contribution is 2.11. The smallest absolute Gasteiger partial charge is 0.119 e. The van der Waals surface area contributed by atoms with Crippen LogP contribution >= 0.6 is 0 Å². The van der Waals surface area contributed by atoms with Gasteiger partial charge in [-0.3, -0.25) is 0 Å². The van der Waals surface area contributed by atoms with Crippen LogP contribution in [0.2, 0.25) is 0 Å². The molecule has 18 heavy (non-hydrogen) atoms. The van der Waals surface area contributed by atoms with Crippen molar-refractivity contribution < 1.29 is 4.74 Å². The van der Waals surface area contributed by atoms with Gasteiger partial charge < -0.3 is 10.1 Å². The summed E-state index contributed by atoms with van der Waals surface area (Å²) in [6, 6.07) is 8.64. The van der Waals surface area contributed by atoms with Gasteiger partial charge >= 0.3 is 0 Å². The lowest BCUT2D eigenvalue weighted by Gasteiger charge is -2.15. The Kier molecular flexibility index (Phi) is 7.51. The summed E-state index contributed by atoms with van der Waals surface area (Å²) in [6.45, 7) is 8.33. The normalized spacial score (nSPS) is 12.4. The Morgan fingerprint density at radius 2 is 1.83 bits per heavy atom. The van der Waals surface area contributed by atoms with Gasteiger partial charge in [-0.15, -0.1) is 0 Å². The van der Waals surface area contributed by atoms with E-state index in [1.165, 1.54) is 31.2 Å². The monoisotopic (exact) mass is 249 g/mol. The third-order valence-electron chi connectivity index (χ3n) is 3.04. The number of rotatable bonds is 9. The molecule has 2 heteroatoms. The molecule has 0 amide bonds. The first-order valence-electron chi connectivity index (χ1n) is 7.15. The molecule has 0 aromatic heterocycles. The van der Waals surface area contributed by atoms with E-state index < -0.39 is 0 Å². The molecule has 1 aromatic carbocycles. The minimum absolute atomic E-state index is 0.410. The molecule has 1 atom stereocenters. The van der Waals surface area contributed by atoms with Crippen LogP contribution in [0, 0.1) is 6.92 Å². The van der Waals surface area contributed by atoms with Crippen molar-refractivity contribution in [3.8, 4) is 5.75 Å². The molecule has 1 rings (SSSR count). The van der Waals surface area contributed by atoms with E-state index in [0.717, 1.165) is 18.9 Å². The molecule has 0 saturated carbocycles. The first-order chi connectivity index (χ1) is 8.72. The Balaban J connectivity index is 2.09. The molecule has 102 valence electrons. The maximum atomic E-state index is 5.74. The lowest BCUT2D eigenvalue weighted by molar-refractivity contribution is 0.272. The molecule has 1 N–H and O–H groups in total. The first-order valence-corrected chi connectivity index (χ1v) is 7.15. The van der Waals surface area contributed by atoms with Crippen LogP contribution in [0.1, 0.15) is 45.1 Å². The number of hydrogen-bond acceptors (Lipinski definition) is 2. The first kappa shape index (κ1) is 15.0. The van der Waals surface area contributed by atoms with Crippen LogP contribution in [0.25, 0.3) is 0 Å². The van der Waals surface area contributed by atoms with E-state index in [0.29, 0.717) is 6.04 Å². The summed E-state index contributed by atoms with van der Waals surface area (Å²) in [5.41, 5.74) is 1.27. The zero-order chi connectivity index (χ0) is 13.2. The molecule has 0 aliphatic rings. The quantitative estimate of drug-likeness (QED) is 0.669. The summed E-state index contributed by atoms with van der Waals surface area (Å²) in [6.07, 6.45) is 5.24. The lowest BCUT2D eigenvalue weighted by atomic mass is 10.2. The fraction of sp³-hybridized carbons (Fsp3) is 0.625. The van der Waals surface area contributed by atoms with Gasteiger partial charge in [0.15, 0.2) is 0 Å². The van der Waals surface area contributed by atoms with Gasteiger partial charge in [-0.2, -0.15) is 0 Å². The molecule has 0 spiro atoms. The summed E-state index contributed by atoms with van der Waals surface area (Å²) in [5, 5.41) is 3.50. The van der Waals surface area contributed by atoms with Crippen molar-refractivity contribution in [2.45, 2.75) is 52.5 Å². The second-order valence-electron chi connectivity index (χ2n) is 5.04. The number of aryl methyl sites for hydroxylation is 1. The summed E-state index contributed by atoms with van der Waals surface area (Å²) in [4.78, 5) is 0. The predicted molar refractivity (Wildman–Crippen MR) is 78.3 cm³/mol. The summed E-state index contributed by atoms with van der Waals surface area (Å²) < 4.78 is 5.74. The van der Waals surface area contributed by atoms with Gasteiger partial charge in [-0.05, 0) is 38.9 Å². The van der Waals surface area contributed by atoms with Gasteiger partial charge in [-0.1, -0.05) is 43.9 Å². The van der Waals surface area contributed by atoms with Crippen LogP contribution in [0.15, 0.2) is 24.3 Å². The Hall–Kier alpha value is -1.02. The molecule has 0 fully saturated rings. The van der Waals surface area contributed by atoms with Gasteiger partial charge in [0.05, 0.1) is 0 Å². The Morgan fingerprint density at radius 3 is 2.50 bits per heavy atom. The number of hydrogen-bond donors (Lipinski definition) is 1. The standard InChI is InChI=1S/C16H27NO/c1-4-5-6-7-12-17-15(3)13-18-16-10-8-14(2)9-11-16/h8-11,15,17H,4-7,12-13H2,1-3H3. The maximum absolute atomic E-state index is 5.74. The van der Waals surface area contributed by atoms with E-state index in [9.17, 15) is 0 Å². The number of unbranched alkanes of at least 4 members (excludes halogenated alkanes) is 3. The second-order valence-corrected chi connectivity index (χ2v) is 5.04. The van der Waals surface area contributed by atoms with Crippen molar-refractivity contribution in [3.05, 3.63) is 29.8 Å². The van der Waals surface area contributed by atoms with Gasteiger partial charge in [0.25, 0.3) is 0 Å². The van der Waals surface area contributed by atoms with E-state index in [-0.39, 0.29) is 0 Å². The van der Waals surface area contributed by atoms with Crippen LogP contribution in [-0.4, -0.2) is 19.2 Å². The van der Waals surface area contributed by atoms with Crippen LogP contribution < -0.4 is 10.1 Å². The van der Waals surface area contributed by atoms with Crippen LogP contribution in [0.5, 0.6) is 5.75 Å². The minimum atomic E-state index is 0.410. The zero-order valence-corrected chi connectivity index (χ0v) is 12.0. The molecule has 0 bridgehead atoms. The number of nitrogens with one attached hydrogen (secondary N) is 1. The van der Waals surface area contributed by atoms with Gasteiger partial charge in [-0.25, -0.2) is 0 Å². The molecule has 0 heterocycles. The van der Waals surface area contributed by atoms with Gasteiger partial charge in [0.1, 0.15) is 12.4 Å². The van der Waals surface area contributed by atoms with Crippen molar-refractivity contribution in [1.29, 1.82) is 0 Å². The molecule has 1 aromatic rings. The van der Waals surface area contributed by atoms with E-state index in [1.54, 1.807) is 0 Å². The highest BCUT2D eigenvalue weighted by atomic mass is 16.5. The predicted octanol–water partition coefficient (Wildman–Crippen LogP) is 3.93. The lowest BCUT2D eigenvalue weighted by Crippen LogP contribution is -2.32. The van der Waals surface area contributed by atoms with Crippen LogP contribution in [0.4, 0.5) is 0 Å². The van der Waals surface area contributed by atoms with E-state index in [1.807, 2.05) is 12.1 Å². The maximum Gasteiger partial charge on any atom is 0.119 e. The molecule has 0 radical (unpaired) electrons. The average molecular weight is 249 g/mol. The molecule has 0 aliphatic carbocycles. The SMILES string of the molecule is CCCCCCNC(C)COc1ccc(C)cc1. The number of ether oxygens (including phenoxy) is 1. The highest BCUT2D eigenvalue weighted by molar-refractivity contribution is 5.26. The molecular weight excluding hydrogens is 222 g/mol. The van der Waals surface area contributed by atoms with E-state index in [4.69, 9.17) is 4.74 Å². The third kappa shape index (κ3) is 6.65. The largest absolute Gasteiger partial charge is 0.492 e. The summed E-state index contributed by atoms with van der Waals surface area (Å²) in [5.74, 6) is 0.959. The van der Waals surface area contributed by atoms with Gasteiger partial charge in [0.2, 0.25) is 0 Å². The zero-order valence-electron chi connectivity index (χ0n) is 12.0. The fourth-order valence-corrected chi connectivity index (χ4v) is 1.81. The van der Waals surface area contributed by atoms with E-state index >= 15 is 0 Å². The summed E-state index contributed by atoms with van der Waals surface area (Å²) in [7, 11) is 0. The van der Waals surface area contributed by atoms with Crippen molar-refractivity contribution in [3.63, 3.8) is 0 Å². The average Bonchev–Trinajstić information content (AvgIpc) is 2.38. The molecule has 0 saturated heterocycles. The highest BCUT2D eigenvalue weighted by Gasteiger charge is 2.01. The Labute approximate surface area is 112 Å². The molecule has 0 aliphatic heterocycles. The van der Waals surface area contributed by atoms with Crippen molar-refractivity contribution >= 4 is 0 Å². The Morgan fingerprint density at radius 1 is 1.11 bits per heavy atom. The third-order valence-corrected chi connectivity index (χ3v) is 3.04. The van der Waals surface area contributed by atoms with Crippen molar-refractivity contribution in [2.24, 2.45) is 0 Å². The van der Waals surface area contributed by atoms with Gasteiger partial charge in [0, 0.05) is 6.04 Å². The van der Waals surface area contributed by atoms with Crippen molar-refractivity contribution in [1.82, 2.24) is 5.32 Å². The van der Waals surface area contributed by atoms with E-state index in [2.05, 4.69) is 38.2 Å². The van der Waals surface area contributed by atoms with Crippen molar-refractivity contribution in [2.75, 3.05) is 13.2 Å². The van der Waals surface area contributed by atoms with Crippen LogP contribution in [0.3, 0.4) is 0 Å². The topological polar surface area (TPSA) is 21.3 Å².